The number of hydrogen-bond acceptors (Lipinski definition) is 4. The number of benzene rings is 1. The summed E-state index contributed by atoms with van der Waals surface area (Å²) in [6.45, 7) is 3.39. The number of ether oxygens (including phenoxy) is 1. The Morgan fingerprint density at radius 2 is 1.91 bits per heavy atom. The molecule has 0 aliphatic heterocycles. The molecule has 0 saturated carbocycles. The van der Waals surface area contributed by atoms with E-state index in [1.54, 1.807) is 34.9 Å². The standard InChI is InChI=1S/C17H15N3O3/c1-11-7-8-20-10-15(19-16(20)9-11)17(22)23-14-5-3-13(4-6-14)18-12(2)21/h3-10H,1-2H3,(H,18,21). The Hall–Kier alpha value is -3.15. The lowest BCUT2D eigenvalue weighted by atomic mass is 10.3. The van der Waals surface area contributed by atoms with Gasteiger partial charge in [0.25, 0.3) is 0 Å². The fraction of sp³-hybridized carbons (Fsp3) is 0.118. The first kappa shape index (κ1) is 14.8. The number of fused-ring (bicyclic) bond motifs is 1. The van der Waals surface area contributed by atoms with Gasteiger partial charge in [-0.3, -0.25) is 4.79 Å². The lowest BCUT2D eigenvalue weighted by Crippen LogP contribution is -2.09. The molecule has 23 heavy (non-hydrogen) atoms. The SMILES string of the molecule is CC(=O)Nc1ccc(OC(=O)c2cn3ccc(C)cc3n2)cc1. The molecule has 3 aromatic rings. The number of carbonyl (C=O) groups excluding carboxylic acids is 2. The van der Waals surface area contributed by atoms with Crippen molar-refractivity contribution in [3.05, 3.63) is 60.0 Å². The summed E-state index contributed by atoms with van der Waals surface area (Å²) in [7, 11) is 0. The normalized spacial score (nSPS) is 10.5. The summed E-state index contributed by atoms with van der Waals surface area (Å²) in [6.07, 6.45) is 3.47. The van der Waals surface area contributed by atoms with E-state index in [-0.39, 0.29) is 11.6 Å². The van der Waals surface area contributed by atoms with Crippen LogP contribution < -0.4 is 10.1 Å². The Morgan fingerprint density at radius 1 is 1.17 bits per heavy atom. The number of aromatic nitrogens is 2. The maximum absolute atomic E-state index is 12.2. The van der Waals surface area contributed by atoms with E-state index < -0.39 is 5.97 Å². The van der Waals surface area contributed by atoms with Gasteiger partial charge < -0.3 is 14.5 Å². The number of rotatable bonds is 3. The van der Waals surface area contributed by atoms with Crippen molar-refractivity contribution in [3.8, 4) is 5.75 Å². The summed E-state index contributed by atoms with van der Waals surface area (Å²) < 4.78 is 7.06. The molecular weight excluding hydrogens is 294 g/mol. The van der Waals surface area contributed by atoms with Crippen molar-refractivity contribution >= 4 is 23.2 Å². The molecule has 116 valence electrons. The van der Waals surface area contributed by atoms with Gasteiger partial charge in [0.2, 0.25) is 5.91 Å². The van der Waals surface area contributed by atoms with Gasteiger partial charge in [-0.1, -0.05) is 0 Å². The molecule has 1 N–H and O–H groups in total. The molecule has 6 nitrogen and oxygen atoms in total. The Morgan fingerprint density at radius 3 is 2.61 bits per heavy atom. The van der Waals surface area contributed by atoms with Crippen LogP contribution in [0.3, 0.4) is 0 Å². The summed E-state index contributed by atoms with van der Waals surface area (Å²) >= 11 is 0. The maximum atomic E-state index is 12.2. The molecule has 1 amide bonds. The highest BCUT2D eigenvalue weighted by Gasteiger charge is 2.13. The van der Waals surface area contributed by atoms with E-state index in [4.69, 9.17) is 4.74 Å². The largest absolute Gasteiger partial charge is 0.422 e. The smallest absolute Gasteiger partial charge is 0.363 e. The lowest BCUT2D eigenvalue weighted by Gasteiger charge is -2.04. The van der Waals surface area contributed by atoms with E-state index in [2.05, 4.69) is 10.3 Å². The summed E-state index contributed by atoms with van der Waals surface area (Å²) in [5.41, 5.74) is 2.64. The second-order valence-corrected chi connectivity index (χ2v) is 5.19. The van der Waals surface area contributed by atoms with Crippen LogP contribution in [0.2, 0.25) is 0 Å². The van der Waals surface area contributed by atoms with Crippen LogP contribution in [-0.4, -0.2) is 21.3 Å². The third-order valence-corrected chi connectivity index (χ3v) is 3.21. The highest BCUT2D eigenvalue weighted by Crippen LogP contribution is 2.17. The minimum absolute atomic E-state index is 0.158. The van der Waals surface area contributed by atoms with E-state index in [1.165, 1.54) is 6.92 Å². The van der Waals surface area contributed by atoms with Gasteiger partial charge in [-0.05, 0) is 48.9 Å². The topological polar surface area (TPSA) is 72.7 Å². The Kier molecular flexibility index (Phi) is 3.80. The number of esters is 1. The molecule has 0 saturated heterocycles. The van der Waals surface area contributed by atoms with Crippen molar-refractivity contribution in [2.24, 2.45) is 0 Å². The summed E-state index contributed by atoms with van der Waals surface area (Å²) in [5, 5.41) is 2.64. The number of pyridine rings is 1. The van der Waals surface area contributed by atoms with Crippen molar-refractivity contribution < 1.29 is 14.3 Å². The molecule has 0 atom stereocenters. The number of imidazole rings is 1. The van der Waals surface area contributed by atoms with Crippen LogP contribution in [0.1, 0.15) is 23.0 Å². The molecule has 0 aliphatic rings. The van der Waals surface area contributed by atoms with E-state index in [1.807, 2.05) is 25.3 Å². The fourth-order valence-corrected chi connectivity index (χ4v) is 2.15. The average Bonchev–Trinajstić information content (AvgIpc) is 2.92. The number of aryl methyl sites for hydroxylation is 1. The van der Waals surface area contributed by atoms with Gasteiger partial charge >= 0.3 is 5.97 Å². The monoisotopic (exact) mass is 309 g/mol. The molecule has 0 bridgehead atoms. The third-order valence-electron chi connectivity index (χ3n) is 3.21. The van der Waals surface area contributed by atoms with E-state index in [0.717, 1.165) is 5.56 Å². The van der Waals surface area contributed by atoms with Crippen molar-refractivity contribution in [2.45, 2.75) is 13.8 Å². The third kappa shape index (κ3) is 3.37. The minimum atomic E-state index is -0.529. The molecule has 1 aromatic carbocycles. The second kappa shape index (κ2) is 5.92. The van der Waals surface area contributed by atoms with Crippen LogP contribution in [0.15, 0.2) is 48.8 Å². The van der Waals surface area contributed by atoms with Crippen LogP contribution >= 0.6 is 0 Å². The van der Waals surface area contributed by atoms with Gasteiger partial charge in [-0.25, -0.2) is 9.78 Å². The maximum Gasteiger partial charge on any atom is 0.363 e. The number of nitrogens with zero attached hydrogens (tertiary/aromatic N) is 2. The van der Waals surface area contributed by atoms with Crippen molar-refractivity contribution in [1.82, 2.24) is 9.38 Å². The summed E-state index contributed by atoms with van der Waals surface area (Å²) in [5.74, 6) is -0.300. The van der Waals surface area contributed by atoms with Gasteiger partial charge in [0.15, 0.2) is 5.69 Å². The minimum Gasteiger partial charge on any atom is -0.422 e. The quantitative estimate of drug-likeness (QED) is 0.596. The first-order valence-corrected chi connectivity index (χ1v) is 7.06. The summed E-state index contributed by atoms with van der Waals surface area (Å²) in [6, 6.07) is 10.4. The molecule has 2 heterocycles. The van der Waals surface area contributed by atoms with Gasteiger partial charge in [0.05, 0.1) is 0 Å². The molecular formula is C17H15N3O3. The van der Waals surface area contributed by atoms with Crippen LogP contribution in [0, 0.1) is 6.92 Å². The Balaban J connectivity index is 1.76. The zero-order valence-corrected chi connectivity index (χ0v) is 12.7. The molecule has 0 spiro atoms. The van der Waals surface area contributed by atoms with Gasteiger partial charge in [-0.2, -0.15) is 0 Å². The number of amides is 1. The average molecular weight is 309 g/mol. The molecule has 3 rings (SSSR count). The first-order valence-electron chi connectivity index (χ1n) is 7.06. The van der Waals surface area contributed by atoms with Crippen molar-refractivity contribution in [3.63, 3.8) is 0 Å². The summed E-state index contributed by atoms with van der Waals surface area (Å²) in [4.78, 5) is 27.4. The predicted octanol–water partition coefficient (Wildman–Crippen LogP) is 2.82. The van der Waals surface area contributed by atoms with Crippen molar-refractivity contribution in [2.75, 3.05) is 5.32 Å². The highest BCUT2D eigenvalue weighted by molar-refractivity contribution is 5.90. The Bertz CT molecular complexity index is 882. The van der Waals surface area contributed by atoms with Crippen LogP contribution in [-0.2, 0) is 4.79 Å². The molecule has 0 fully saturated rings. The van der Waals surface area contributed by atoms with E-state index in [0.29, 0.717) is 17.1 Å². The molecule has 0 unspecified atom stereocenters. The number of hydrogen-bond donors (Lipinski definition) is 1. The molecule has 0 radical (unpaired) electrons. The Labute approximate surface area is 132 Å². The van der Waals surface area contributed by atoms with E-state index >= 15 is 0 Å². The van der Waals surface area contributed by atoms with Gasteiger partial charge in [0.1, 0.15) is 11.4 Å². The zero-order chi connectivity index (χ0) is 16.4. The number of nitrogens with one attached hydrogen (secondary N) is 1. The molecule has 0 aliphatic carbocycles. The van der Waals surface area contributed by atoms with E-state index in [9.17, 15) is 9.59 Å². The van der Waals surface area contributed by atoms with Crippen molar-refractivity contribution in [1.29, 1.82) is 0 Å². The van der Waals surface area contributed by atoms with Crippen LogP contribution in [0.25, 0.3) is 5.65 Å². The number of carbonyl (C=O) groups is 2. The predicted molar refractivity (Wildman–Crippen MR) is 85.6 cm³/mol. The van der Waals surface area contributed by atoms with Gasteiger partial charge in [-0.15, -0.1) is 0 Å². The van der Waals surface area contributed by atoms with Crippen LogP contribution in [0.5, 0.6) is 5.75 Å². The fourth-order valence-electron chi connectivity index (χ4n) is 2.15. The first-order chi connectivity index (χ1) is 11.0. The van der Waals surface area contributed by atoms with Gasteiger partial charge in [0, 0.05) is 25.0 Å². The van der Waals surface area contributed by atoms with Crippen LogP contribution in [0.4, 0.5) is 5.69 Å². The molecule has 2 aromatic heterocycles. The highest BCUT2D eigenvalue weighted by atomic mass is 16.5. The lowest BCUT2D eigenvalue weighted by molar-refractivity contribution is -0.114. The number of anilines is 1. The molecule has 6 heteroatoms. The second-order valence-electron chi connectivity index (χ2n) is 5.19. The zero-order valence-electron chi connectivity index (χ0n) is 12.7.